The number of nitrogens with zero attached hydrogens (tertiary/aromatic N) is 2. The molecule has 0 amide bonds. The molecule has 3 nitrogen and oxygen atoms in total. The Morgan fingerprint density at radius 1 is 1.26 bits per heavy atom. The third-order valence-electron chi connectivity index (χ3n) is 3.24. The van der Waals surface area contributed by atoms with Crippen LogP contribution >= 0.6 is 11.3 Å². The van der Waals surface area contributed by atoms with Crippen LogP contribution in [-0.2, 0) is 6.42 Å². The van der Waals surface area contributed by atoms with Gasteiger partial charge in [-0.05, 0) is 55.5 Å². The van der Waals surface area contributed by atoms with Crippen LogP contribution in [0.4, 0.5) is 0 Å². The standard InChI is InChI=1S/C15H21N3S/c1-5-13-12(9-11(4)17-18-13)14(16-6-2)15-10(3)7-8-19-15/h7-9,14,16H,5-6H2,1-4H3. The molecule has 0 radical (unpaired) electrons. The van der Waals surface area contributed by atoms with Crippen LogP contribution in [0.1, 0.15) is 47.3 Å². The Balaban J connectivity index is 2.50. The van der Waals surface area contributed by atoms with E-state index in [1.807, 2.05) is 6.92 Å². The first-order valence-electron chi connectivity index (χ1n) is 6.77. The Hall–Kier alpha value is -1.26. The third kappa shape index (κ3) is 3.01. The zero-order valence-electron chi connectivity index (χ0n) is 12.0. The van der Waals surface area contributed by atoms with Crippen LogP contribution in [0.25, 0.3) is 0 Å². The van der Waals surface area contributed by atoms with E-state index < -0.39 is 0 Å². The second-order valence-electron chi connectivity index (χ2n) is 4.70. The number of aryl methyl sites for hydroxylation is 3. The highest BCUT2D eigenvalue weighted by Gasteiger charge is 2.20. The van der Waals surface area contributed by atoms with E-state index in [4.69, 9.17) is 0 Å². The second-order valence-corrected chi connectivity index (χ2v) is 5.65. The van der Waals surface area contributed by atoms with Crippen molar-refractivity contribution < 1.29 is 0 Å². The van der Waals surface area contributed by atoms with Crippen molar-refractivity contribution in [2.75, 3.05) is 6.54 Å². The van der Waals surface area contributed by atoms with Gasteiger partial charge in [-0.3, -0.25) is 0 Å². The zero-order valence-corrected chi connectivity index (χ0v) is 12.8. The molecule has 1 atom stereocenters. The Morgan fingerprint density at radius 2 is 2.05 bits per heavy atom. The summed E-state index contributed by atoms with van der Waals surface area (Å²) in [6.07, 6.45) is 0.912. The van der Waals surface area contributed by atoms with Crippen LogP contribution in [-0.4, -0.2) is 16.7 Å². The lowest BCUT2D eigenvalue weighted by Crippen LogP contribution is -2.23. The van der Waals surface area contributed by atoms with Gasteiger partial charge in [0, 0.05) is 4.88 Å². The Kier molecular flexibility index (Phi) is 4.66. The van der Waals surface area contributed by atoms with Gasteiger partial charge in [-0.25, -0.2) is 0 Å². The SMILES string of the molecule is CCNC(c1cc(C)nnc1CC)c1sccc1C. The molecular formula is C15H21N3S. The van der Waals surface area contributed by atoms with E-state index in [2.05, 4.69) is 53.8 Å². The zero-order chi connectivity index (χ0) is 13.8. The topological polar surface area (TPSA) is 37.8 Å². The number of rotatable bonds is 5. The lowest BCUT2D eigenvalue weighted by atomic mass is 10.00. The van der Waals surface area contributed by atoms with Gasteiger partial charge >= 0.3 is 0 Å². The monoisotopic (exact) mass is 275 g/mol. The summed E-state index contributed by atoms with van der Waals surface area (Å²) in [5.41, 5.74) is 4.67. The summed E-state index contributed by atoms with van der Waals surface area (Å²) >= 11 is 1.81. The highest BCUT2D eigenvalue weighted by atomic mass is 32.1. The van der Waals surface area contributed by atoms with Gasteiger partial charge < -0.3 is 5.32 Å². The molecule has 0 bridgehead atoms. The summed E-state index contributed by atoms with van der Waals surface area (Å²) in [5, 5.41) is 14.3. The smallest absolute Gasteiger partial charge is 0.0692 e. The summed E-state index contributed by atoms with van der Waals surface area (Å²) in [7, 11) is 0. The fraction of sp³-hybridized carbons (Fsp3) is 0.467. The van der Waals surface area contributed by atoms with Gasteiger partial charge in [0.05, 0.1) is 17.4 Å². The first-order valence-corrected chi connectivity index (χ1v) is 7.65. The van der Waals surface area contributed by atoms with E-state index in [1.165, 1.54) is 16.0 Å². The Bertz CT molecular complexity index is 548. The molecule has 0 aliphatic rings. The predicted molar refractivity (Wildman–Crippen MR) is 80.7 cm³/mol. The molecule has 4 heteroatoms. The number of nitrogens with one attached hydrogen (secondary N) is 1. The summed E-state index contributed by atoms with van der Waals surface area (Å²) in [4.78, 5) is 1.38. The van der Waals surface area contributed by atoms with Crippen LogP contribution in [0.15, 0.2) is 17.5 Å². The van der Waals surface area contributed by atoms with Gasteiger partial charge in [-0.15, -0.1) is 11.3 Å². The molecule has 0 spiro atoms. The van der Waals surface area contributed by atoms with Gasteiger partial charge in [0.2, 0.25) is 0 Å². The minimum Gasteiger partial charge on any atom is -0.306 e. The highest BCUT2D eigenvalue weighted by molar-refractivity contribution is 7.10. The lowest BCUT2D eigenvalue weighted by molar-refractivity contribution is 0.623. The van der Waals surface area contributed by atoms with Crippen molar-refractivity contribution in [1.29, 1.82) is 0 Å². The molecule has 2 heterocycles. The Morgan fingerprint density at radius 3 is 2.63 bits per heavy atom. The van der Waals surface area contributed by atoms with Crippen LogP contribution in [0.2, 0.25) is 0 Å². The van der Waals surface area contributed by atoms with E-state index in [-0.39, 0.29) is 6.04 Å². The number of thiophene rings is 1. The molecule has 2 aromatic heterocycles. The summed E-state index contributed by atoms with van der Waals surface area (Å²) in [6.45, 7) is 9.38. The molecule has 2 aromatic rings. The molecular weight excluding hydrogens is 254 g/mol. The molecule has 1 N–H and O–H groups in total. The number of hydrogen-bond acceptors (Lipinski definition) is 4. The number of hydrogen-bond donors (Lipinski definition) is 1. The van der Waals surface area contributed by atoms with Crippen LogP contribution in [0.3, 0.4) is 0 Å². The van der Waals surface area contributed by atoms with Gasteiger partial charge in [0.25, 0.3) is 0 Å². The molecule has 2 rings (SSSR count). The van der Waals surface area contributed by atoms with Crippen molar-refractivity contribution in [2.45, 2.75) is 40.2 Å². The molecule has 19 heavy (non-hydrogen) atoms. The van der Waals surface area contributed by atoms with E-state index in [0.717, 1.165) is 24.4 Å². The van der Waals surface area contributed by atoms with E-state index in [0.29, 0.717) is 0 Å². The summed E-state index contributed by atoms with van der Waals surface area (Å²) in [6, 6.07) is 4.57. The van der Waals surface area contributed by atoms with Crippen LogP contribution in [0.5, 0.6) is 0 Å². The maximum absolute atomic E-state index is 4.35. The quantitative estimate of drug-likeness (QED) is 0.908. The molecule has 1 unspecified atom stereocenters. The molecule has 0 saturated heterocycles. The van der Waals surface area contributed by atoms with Crippen molar-refractivity contribution in [2.24, 2.45) is 0 Å². The van der Waals surface area contributed by atoms with Crippen molar-refractivity contribution in [3.63, 3.8) is 0 Å². The minimum absolute atomic E-state index is 0.231. The maximum atomic E-state index is 4.35. The third-order valence-corrected chi connectivity index (χ3v) is 4.33. The van der Waals surface area contributed by atoms with Crippen LogP contribution < -0.4 is 5.32 Å². The van der Waals surface area contributed by atoms with E-state index in [9.17, 15) is 0 Å². The highest BCUT2D eigenvalue weighted by Crippen LogP contribution is 2.31. The normalized spacial score (nSPS) is 12.6. The fourth-order valence-corrected chi connectivity index (χ4v) is 3.31. The average molecular weight is 275 g/mol. The second kappa shape index (κ2) is 6.26. The molecule has 0 fully saturated rings. The van der Waals surface area contributed by atoms with E-state index in [1.54, 1.807) is 11.3 Å². The van der Waals surface area contributed by atoms with Crippen molar-refractivity contribution in [3.05, 3.63) is 44.9 Å². The van der Waals surface area contributed by atoms with Crippen molar-refractivity contribution >= 4 is 11.3 Å². The molecule has 0 saturated carbocycles. The molecule has 0 aliphatic carbocycles. The molecule has 0 aliphatic heterocycles. The maximum Gasteiger partial charge on any atom is 0.0692 e. The van der Waals surface area contributed by atoms with Gasteiger partial charge in [-0.2, -0.15) is 10.2 Å². The minimum atomic E-state index is 0.231. The van der Waals surface area contributed by atoms with Gasteiger partial charge in [0.1, 0.15) is 0 Å². The van der Waals surface area contributed by atoms with Gasteiger partial charge in [-0.1, -0.05) is 13.8 Å². The Labute approximate surface area is 119 Å². The average Bonchev–Trinajstić information content (AvgIpc) is 2.82. The summed E-state index contributed by atoms with van der Waals surface area (Å²) < 4.78 is 0. The number of aromatic nitrogens is 2. The van der Waals surface area contributed by atoms with Gasteiger partial charge in [0.15, 0.2) is 0 Å². The van der Waals surface area contributed by atoms with Crippen LogP contribution in [0, 0.1) is 13.8 Å². The first kappa shape index (κ1) is 14.2. The van der Waals surface area contributed by atoms with E-state index >= 15 is 0 Å². The summed E-state index contributed by atoms with van der Waals surface area (Å²) in [5.74, 6) is 0. The predicted octanol–water partition coefficient (Wildman–Crippen LogP) is 3.42. The lowest BCUT2D eigenvalue weighted by Gasteiger charge is -2.20. The molecule has 0 aromatic carbocycles. The van der Waals surface area contributed by atoms with Crippen molar-refractivity contribution in [3.8, 4) is 0 Å². The fourth-order valence-electron chi connectivity index (χ4n) is 2.29. The first-order chi connectivity index (χ1) is 9.17. The molecule has 102 valence electrons. The van der Waals surface area contributed by atoms with Crippen molar-refractivity contribution in [1.82, 2.24) is 15.5 Å². The largest absolute Gasteiger partial charge is 0.306 e.